The van der Waals surface area contributed by atoms with Crippen LogP contribution in [0.5, 0.6) is 17.2 Å². The number of aromatic nitrogens is 1. The Labute approximate surface area is 163 Å². The molecule has 0 unspecified atom stereocenters. The monoisotopic (exact) mass is 375 g/mol. The number of hydrogen-bond acceptors (Lipinski definition) is 4. The fourth-order valence-corrected chi connectivity index (χ4v) is 3.05. The molecule has 2 aromatic carbocycles. The zero-order chi connectivity index (χ0) is 19.4. The van der Waals surface area contributed by atoms with Crippen molar-refractivity contribution in [1.29, 1.82) is 0 Å². The summed E-state index contributed by atoms with van der Waals surface area (Å²) in [6.07, 6.45) is 5.20. The summed E-state index contributed by atoms with van der Waals surface area (Å²) in [5.41, 5.74) is 1.47. The summed E-state index contributed by atoms with van der Waals surface area (Å²) in [5.74, 6) is 2.23. The van der Waals surface area contributed by atoms with Crippen LogP contribution in [0.15, 0.2) is 73.1 Å². The van der Waals surface area contributed by atoms with E-state index in [0.29, 0.717) is 0 Å². The van der Waals surface area contributed by atoms with E-state index in [0.717, 1.165) is 41.3 Å². The molecule has 0 atom stereocenters. The Bertz CT molecular complexity index is 937. The summed E-state index contributed by atoms with van der Waals surface area (Å²) >= 11 is 0. The number of hydrogen-bond donors (Lipinski definition) is 2. The molecule has 0 saturated heterocycles. The average molecular weight is 375 g/mol. The minimum absolute atomic E-state index is 0.222. The van der Waals surface area contributed by atoms with Gasteiger partial charge in [0.2, 0.25) is 0 Å². The van der Waals surface area contributed by atoms with Crippen molar-refractivity contribution in [1.82, 2.24) is 10.3 Å². The maximum absolute atomic E-state index is 12.4. The molecule has 1 aromatic heterocycles. The van der Waals surface area contributed by atoms with E-state index in [1.165, 1.54) is 0 Å². The van der Waals surface area contributed by atoms with Crippen LogP contribution in [0, 0.1) is 0 Å². The fourth-order valence-electron chi connectivity index (χ4n) is 3.05. The van der Waals surface area contributed by atoms with Crippen molar-refractivity contribution < 1.29 is 14.3 Å². The molecule has 4 rings (SSSR count). The summed E-state index contributed by atoms with van der Waals surface area (Å²) in [6.45, 7) is 0. The molecular formula is C22H21N3O3. The van der Waals surface area contributed by atoms with Gasteiger partial charge in [-0.05, 0) is 66.9 Å². The predicted molar refractivity (Wildman–Crippen MR) is 107 cm³/mol. The van der Waals surface area contributed by atoms with E-state index < -0.39 is 0 Å². The molecule has 6 nitrogen and oxygen atoms in total. The SMILES string of the molecule is COc1ccc(NC(=O)NC2(c3ccc(Oc4ccncc4)cc3)CC2)cc1. The van der Waals surface area contributed by atoms with Gasteiger partial charge in [0.05, 0.1) is 12.6 Å². The zero-order valence-electron chi connectivity index (χ0n) is 15.5. The lowest BCUT2D eigenvalue weighted by molar-refractivity contribution is 0.247. The molecule has 1 aliphatic rings. The minimum Gasteiger partial charge on any atom is -0.497 e. The third-order valence-electron chi connectivity index (χ3n) is 4.74. The number of rotatable bonds is 6. The van der Waals surface area contributed by atoms with Crippen molar-refractivity contribution in [2.24, 2.45) is 0 Å². The molecule has 1 fully saturated rings. The molecule has 3 aromatic rings. The quantitative estimate of drug-likeness (QED) is 0.655. The lowest BCUT2D eigenvalue weighted by Crippen LogP contribution is -2.38. The van der Waals surface area contributed by atoms with E-state index in [1.807, 2.05) is 48.5 Å². The maximum atomic E-state index is 12.4. The van der Waals surface area contributed by atoms with E-state index in [1.54, 1.807) is 31.6 Å². The van der Waals surface area contributed by atoms with E-state index >= 15 is 0 Å². The molecule has 1 aliphatic carbocycles. The van der Waals surface area contributed by atoms with Gasteiger partial charge in [-0.2, -0.15) is 0 Å². The summed E-state index contributed by atoms with van der Waals surface area (Å²) in [6, 6.07) is 18.5. The number of urea groups is 1. The Morgan fingerprint density at radius 3 is 2.11 bits per heavy atom. The van der Waals surface area contributed by atoms with Crippen LogP contribution in [0.3, 0.4) is 0 Å². The Morgan fingerprint density at radius 1 is 0.893 bits per heavy atom. The third-order valence-corrected chi connectivity index (χ3v) is 4.74. The summed E-state index contributed by atoms with van der Waals surface area (Å²) in [5, 5.41) is 5.97. The van der Waals surface area contributed by atoms with Crippen LogP contribution in [-0.4, -0.2) is 18.1 Å². The topological polar surface area (TPSA) is 72.5 Å². The average Bonchev–Trinajstić information content (AvgIpc) is 3.50. The van der Waals surface area contributed by atoms with Crippen molar-refractivity contribution in [3.8, 4) is 17.2 Å². The highest BCUT2D eigenvalue weighted by atomic mass is 16.5. The van der Waals surface area contributed by atoms with Crippen LogP contribution < -0.4 is 20.1 Å². The highest BCUT2D eigenvalue weighted by Gasteiger charge is 2.45. The van der Waals surface area contributed by atoms with Gasteiger partial charge in [0.1, 0.15) is 17.2 Å². The van der Waals surface area contributed by atoms with E-state index in [-0.39, 0.29) is 11.6 Å². The molecular weight excluding hydrogens is 354 g/mol. The number of methoxy groups -OCH3 is 1. The highest BCUT2D eigenvalue weighted by Crippen LogP contribution is 2.46. The van der Waals surface area contributed by atoms with Crippen molar-refractivity contribution in [3.05, 3.63) is 78.6 Å². The van der Waals surface area contributed by atoms with Gasteiger partial charge >= 0.3 is 6.03 Å². The van der Waals surface area contributed by atoms with Gasteiger partial charge in [0.15, 0.2) is 0 Å². The predicted octanol–water partition coefficient (Wildman–Crippen LogP) is 4.69. The number of amides is 2. The fraction of sp³-hybridized carbons (Fsp3) is 0.182. The molecule has 0 aliphatic heterocycles. The lowest BCUT2D eigenvalue weighted by atomic mass is 10.1. The van der Waals surface area contributed by atoms with Gasteiger partial charge in [-0.25, -0.2) is 4.79 Å². The first-order valence-electron chi connectivity index (χ1n) is 9.09. The molecule has 0 bridgehead atoms. The first kappa shape index (κ1) is 17.9. The first-order valence-corrected chi connectivity index (χ1v) is 9.09. The molecule has 142 valence electrons. The van der Waals surface area contributed by atoms with E-state index in [4.69, 9.17) is 9.47 Å². The van der Waals surface area contributed by atoms with Gasteiger partial charge in [-0.1, -0.05) is 12.1 Å². The van der Waals surface area contributed by atoms with Gasteiger partial charge in [0, 0.05) is 18.1 Å². The van der Waals surface area contributed by atoms with Crippen LogP contribution in [0.4, 0.5) is 10.5 Å². The molecule has 1 saturated carbocycles. The Morgan fingerprint density at radius 2 is 1.50 bits per heavy atom. The van der Waals surface area contributed by atoms with Crippen LogP contribution >= 0.6 is 0 Å². The second-order valence-electron chi connectivity index (χ2n) is 6.70. The molecule has 0 spiro atoms. The molecule has 2 N–H and O–H groups in total. The highest BCUT2D eigenvalue weighted by molar-refractivity contribution is 5.90. The number of carbonyl (C=O) groups excluding carboxylic acids is 1. The molecule has 28 heavy (non-hydrogen) atoms. The number of nitrogens with one attached hydrogen (secondary N) is 2. The van der Waals surface area contributed by atoms with Gasteiger partial charge < -0.3 is 20.1 Å². The number of pyridine rings is 1. The number of ether oxygens (including phenoxy) is 2. The van der Waals surface area contributed by atoms with E-state index in [2.05, 4.69) is 15.6 Å². The maximum Gasteiger partial charge on any atom is 0.319 e. The Hall–Kier alpha value is -3.54. The van der Waals surface area contributed by atoms with Crippen LogP contribution in [0.2, 0.25) is 0 Å². The van der Waals surface area contributed by atoms with E-state index in [9.17, 15) is 4.79 Å². The molecule has 1 heterocycles. The van der Waals surface area contributed by atoms with Crippen molar-refractivity contribution >= 4 is 11.7 Å². The van der Waals surface area contributed by atoms with Crippen molar-refractivity contribution in [3.63, 3.8) is 0 Å². The summed E-state index contributed by atoms with van der Waals surface area (Å²) in [7, 11) is 1.61. The number of anilines is 1. The van der Waals surface area contributed by atoms with Crippen LogP contribution in [0.1, 0.15) is 18.4 Å². The molecule has 0 radical (unpaired) electrons. The largest absolute Gasteiger partial charge is 0.497 e. The molecule has 6 heteroatoms. The standard InChI is InChI=1S/C22H21N3O3/c1-27-18-8-4-17(5-9-18)24-21(26)25-22(12-13-22)16-2-6-19(7-3-16)28-20-10-14-23-15-11-20/h2-11,14-15H,12-13H2,1H3,(H2,24,25,26). The summed E-state index contributed by atoms with van der Waals surface area (Å²) in [4.78, 5) is 16.4. The van der Waals surface area contributed by atoms with Gasteiger partial charge in [-0.3, -0.25) is 4.98 Å². The van der Waals surface area contributed by atoms with Crippen LogP contribution in [0.25, 0.3) is 0 Å². The van der Waals surface area contributed by atoms with Crippen molar-refractivity contribution in [2.45, 2.75) is 18.4 Å². The smallest absolute Gasteiger partial charge is 0.319 e. The number of carbonyl (C=O) groups is 1. The number of nitrogens with zero attached hydrogens (tertiary/aromatic N) is 1. The normalized spacial score (nSPS) is 14.0. The first-order chi connectivity index (χ1) is 13.7. The second-order valence-corrected chi connectivity index (χ2v) is 6.70. The second kappa shape index (κ2) is 7.60. The van der Waals surface area contributed by atoms with Crippen molar-refractivity contribution in [2.75, 3.05) is 12.4 Å². The molecule has 2 amide bonds. The summed E-state index contributed by atoms with van der Waals surface area (Å²) < 4.78 is 10.9. The Kier molecular flexibility index (Phi) is 4.85. The Balaban J connectivity index is 1.38. The third kappa shape index (κ3) is 4.06. The lowest BCUT2D eigenvalue weighted by Gasteiger charge is -2.19. The minimum atomic E-state index is -0.314. The van der Waals surface area contributed by atoms with Crippen LogP contribution in [-0.2, 0) is 5.54 Å². The number of benzene rings is 2. The van der Waals surface area contributed by atoms with Gasteiger partial charge in [0.25, 0.3) is 0 Å². The zero-order valence-corrected chi connectivity index (χ0v) is 15.5. The van der Waals surface area contributed by atoms with Gasteiger partial charge in [-0.15, -0.1) is 0 Å².